The van der Waals surface area contributed by atoms with Gasteiger partial charge in [0.1, 0.15) is 5.75 Å². The molecule has 0 aliphatic rings. The van der Waals surface area contributed by atoms with Crippen molar-refractivity contribution >= 4 is 43.2 Å². The van der Waals surface area contributed by atoms with Gasteiger partial charge in [0, 0.05) is 16.7 Å². The van der Waals surface area contributed by atoms with Gasteiger partial charge in [-0.05, 0) is 36.3 Å². The number of aromatic hydroxyl groups is 1. The normalized spacial score (nSPS) is 14.0. The minimum atomic E-state index is -2.53. The molecule has 0 bridgehead atoms. The van der Waals surface area contributed by atoms with E-state index in [1.54, 1.807) is 13.8 Å². The maximum absolute atomic E-state index is 13.7. The molecule has 1 atom stereocenters. The van der Waals surface area contributed by atoms with E-state index in [2.05, 4.69) is 25.3 Å². The third-order valence-corrected chi connectivity index (χ3v) is 6.47. The average molecular weight is 575 g/mol. The standard InChI is InChI=1S/C27H42O9S2/c1-9-26(34-12-11-28,23(32)33-10-2)27(35-20(29)15-37,36-21(30)16-38)17-13-18(24(3,4)5)22(31)19(14-17)25(6,7)8/h13-14,28,31,37-38H,9-12,15-16H2,1-8H3. The first kappa shape index (κ1) is 34.1. The molecule has 1 rings (SSSR count). The first-order valence-electron chi connectivity index (χ1n) is 12.5. The monoisotopic (exact) mass is 574 g/mol. The predicted octanol–water partition coefficient (Wildman–Crippen LogP) is 3.81. The van der Waals surface area contributed by atoms with Crippen LogP contribution in [0.1, 0.15) is 78.5 Å². The highest BCUT2D eigenvalue weighted by atomic mass is 32.1. The number of esters is 3. The van der Waals surface area contributed by atoms with E-state index in [-0.39, 0.29) is 30.9 Å². The zero-order chi connectivity index (χ0) is 29.5. The molecule has 1 unspecified atom stereocenters. The maximum Gasteiger partial charge on any atom is 0.347 e. The number of aliphatic hydroxyl groups is 1. The first-order chi connectivity index (χ1) is 17.5. The average Bonchev–Trinajstić information content (AvgIpc) is 2.82. The highest BCUT2D eigenvalue weighted by Crippen LogP contribution is 2.49. The molecule has 1 aromatic rings. The van der Waals surface area contributed by atoms with Gasteiger partial charge in [0.25, 0.3) is 0 Å². The molecule has 38 heavy (non-hydrogen) atoms. The van der Waals surface area contributed by atoms with E-state index in [4.69, 9.17) is 18.9 Å². The Morgan fingerprint density at radius 3 is 1.63 bits per heavy atom. The summed E-state index contributed by atoms with van der Waals surface area (Å²) in [4.78, 5) is 39.5. The molecule has 216 valence electrons. The van der Waals surface area contributed by atoms with Crippen molar-refractivity contribution in [3.63, 3.8) is 0 Å². The fourth-order valence-corrected chi connectivity index (χ4v) is 4.25. The van der Waals surface area contributed by atoms with Crippen LogP contribution in [0.3, 0.4) is 0 Å². The summed E-state index contributed by atoms with van der Waals surface area (Å²) in [6.45, 7) is 13.5. The maximum atomic E-state index is 13.7. The summed E-state index contributed by atoms with van der Waals surface area (Å²) in [6.07, 6.45) is -0.192. The second-order valence-corrected chi connectivity index (χ2v) is 11.4. The van der Waals surface area contributed by atoms with Gasteiger partial charge in [0.15, 0.2) is 0 Å². The van der Waals surface area contributed by atoms with E-state index in [1.165, 1.54) is 12.1 Å². The van der Waals surface area contributed by atoms with Crippen LogP contribution < -0.4 is 0 Å². The number of benzene rings is 1. The lowest BCUT2D eigenvalue weighted by Crippen LogP contribution is -2.63. The molecular formula is C27H42O9S2. The Labute approximate surface area is 236 Å². The molecule has 0 fully saturated rings. The number of hydrogen-bond acceptors (Lipinski definition) is 11. The summed E-state index contributed by atoms with van der Waals surface area (Å²) in [5.74, 6) is -6.17. The molecule has 0 aliphatic heterocycles. The number of carbonyl (C=O) groups excluding carboxylic acids is 3. The highest BCUT2D eigenvalue weighted by Gasteiger charge is 2.66. The molecule has 0 amide bonds. The van der Waals surface area contributed by atoms with Crippen LogP contribution in [0.2, 0.25) is 0 Å². The highest BCUT2D eigenvalue weighted by molar-refractivity contribution is 7.81. The molecule has 0 heterocycles. The molecule has 0 aliphatic carbocycles. The van der Waals surface area contributed by atoms with Gasteiger partial charge in [-0.1, -0.05) is 48.5 Å². The lowest BCUT2D eigenvalue weighted by atomic mass is 9.75. The van der Waals surface area contributed by atoms with Gasteiger partial charge in [-0.3, -0.25) is 9.59 Å². The fourth-order valence-electron chi connectivity index (χ4n) is 4.12. The number of phenols is 1. The summed E-state index contributed by atoms with van der Waals surface area (Å²) < 4.78 is 23.0. The van der Waals surface area contributed by atoms with E-state index >= 15 is 0 Å². The Hall–Kier alpha value is -1.95. The van der Waals surface area contributed by atoms with Crippen molar-refractivity contribution in [3.05, 3.63) is 28.8 Å². The zero-order valence-electron chi connectivity index (χ0n) is 23.5. The molecule has 11 heteroatoms. The number of thiol groups is 2. The SMILES string of the molecule is CCOC(=O)C(CC)(OCCO)C(OC(=O)CS)(OC(=O)CS)c1cc(C(C)(C)C)c(O)c(C(C)(C)C)c1. The van der Waals surface area contributed by atoms with Crippen LogP contribution in [0.25, 0.3) is 0 Å². The van der Waals surface area contributed by atoms with Crippen LogP contribution in [0.4, 0.5) is 0 Å². The van der Waals surface area contributed by atoms with Gasteiger partial charge >= 0.3 is 23.7 Å². The van der Waals surface area contributed by atoms with Crippen LogP contribution in [0.15, 0.2) is 12.1 Å². The van der Waals surface area contributed by atoms with E-state index in [1.807, 2.05) is 41.5 Å². The second kappa shape index (κ2) is 13.4. The summed E-state index contributed by atoms with van der Waals surface area (Å²) >= 11 is 8.05. The summed E-state index contributed by atoms with van der Waals surface area (Å²) in [6, 6.07) is 3.04. The van der Waals surface area contributed by atoms with E-state index in [9.17, 15) is 24.6 Å². The van der Waals surface area contributed by atoms with Crippen LogP contribution in [-0.2, 0) is 49.9 Å². The third kappa shape index (κ3) is 7.16. The van der Waals surface area contributed by atoms with Crippen molar-refractivity contribution in [2.24, 2.45) is 0 Å². The number of carbonyl (C=O) groups is 3. The number of rotatable bonds is 12. The van der Waals surface area contributed by atoms with Gasteiger partial charge in [0.05, 0.1) is 31.3 Å². The van der Waals surface area contributed by atoms with Crippen molar-refractivity contribution in [1.29, 1.82) is 0 Å². The van der Waals surface area contributed by atoms with Crippen LogP contribution in [0, 0.1) is 0 Å². The van der Waals surface area contributed by atoms with Gasteiger partial charge in [-0.15, -0.1) is 0 Å². The van der Waals surface area contributed by atoms with Gasteiger partial charge in [-0.2, -0.15) is 25.3 Å². The quantitative estimate of drug-likeness (QED) is 0.167. The topological polar surface area (TPSA) is 129 Å². The smallest absolute Gasteiger partial charge is 0.347 e. The zero-order valence-corrected chi connectivity index (χ0v) is 25.3. The van der Waals surface area contributed by atoms with Gasteiger partial charge < -0.3 is 29.2 Å². The molecule has 0 spiro atoms. The van der Waals surface area contributed by atoms with Crippen molar-refractivity contribution in [3.8, 4) is 5.75 Å². The Kier molecular flexibility index (Phi) is 12.0. The molecule has 0 radical (unpaired) electrons. The van der Waals surface area contributed by atoms with Crippen LogP contribution in [0.5, 0.6) is 5.75 Å². The van der Waals surface area contributed by atoms with E-state index in [0.29, 0.717) is 11.1 Å². The third-order valence-electron chi connectivity index (χ3n) is 5.95. The Morgan fingerprint density at radius 2 is 1.32 bits per heavy atom. The van der Waals surface area contributed by atoms with Crippen molar-refractivity contribution < 1.29 is 43.5 Å². The van der Waals surface area contributed by atoms with Crippen molar-refractivity contribution in [1.82, 2.24) is 0 Å². The van der Waals surface area contributed by atoms with E-state index in [0.717, 1.165) is 0 Å². The molecule has 1 aromatic carbocycles. The van der Waals surface area contributed by atoms with Crippen LogP contribution >= 0.6 is 25.3 Å². The summed E-state index contributed by atoms with van der Waals surface area (Å²) in [7, 11) is 0. The fraction of sp³-hybridized carbons (Fsp3) is 0.667. The molecule has 0 saturated heterocycles. The van der Waals surface area contributed by atoms with Gasteiger partial charge in [-0.25, -0.2) is 4.79 Å². The number of hydrogen-bond donors (Lipinski definition) is 4. The predicted molar refractivity (Wildman–Crippen MR) is 150 cm³/mol. The second-order valence-electron chi connectivity index (χ2n) is 10.8. The lowest BCUT2D eigenvalue weighted by molar-refractivity contribution is -0.310. The number of ether oxygens (including phenoxy) is 4. The number of phenolic OH excluding ortho intramolecular Hbond substituents is 1. The largest absolute Gasteiger partial charge is 0.507 e. The molecule has 9 nitrogen and oxygen atoms in total. The van der Waals surface area contributed by atoms with Gasteiger partial charge in [0.2, 0.25) is 5.60 Å². The Morgan fingerprint density at radius 1 is 0.868 bits per heavy atom. The molecule has 0 aromatic heterocycles. The Balaban J connectivity index is 4.48. The lowest BCUT2D eigenvalue weighted by Gasteiger charge is -2.46. The van der Waals surface area contributed by atoms with Crippen molar-refractivity contribution in [2.75, 3.05) is 31.3 Å². The number of aliphatic hydroxyl groups excluding tert-OH is 1. The van der Waals surface area contributed by atoms with Crippen LogP contribution in [-0.4, -0.2) is 65.0 Å². The Bertz CT molecular complexity index is 942. The minimum absolute atomic E-state index is 0.0122. The molecule has 2 N–H and O–H groups in total. The first-order valence-corrected chi connectivity index (χ1v) is 13.7. The van der Waals surface area contributed by atoms with Crippen molar-refractivity contribution in [2.45, 2.75) is 84.0 Å². The van der Waals surface area contributed by atoms with E-state index < -0.39 is 58.2 Å². The summed E-state index contributed by atoms with van der Waals surface area (Å²) in [5, 5.41) is 20.9. The summed E-state index contributed by atoms with van der Waals surface area (Å²) in [5.41, 5.74) is -2.55. The minimum Gasteiger partial charge on any atom is -0.507 e. The molecular weight excluding hydrogens is 532 g/mol. The molecule has 0 saturated carbocycles.